The molecule has 90 valence electrons. The summed E-state index contributed by atoms with van der Waals surface area (Å²) in [6.07, 6.45) is 0.433. The van der Waals surface area contributed by atoms with Crippen LogP contribution in [0.2, 0.25) is 0 Å². The maximum absolute atomic E-state index is 12.2. The number of aliphatic carboxylic acids is 1. The molecule has 2 atom stereocenters. The van der Waals surface area contributed by atoms with Crippen LogP contribution in [0, 0.1) is 0 Å². The van der Waals surface area contributed by atoms with E-state index in [4.69, 9.17) is 0 Å². The van der Waals surface area contributed by atoms with Crippen LogP contribution in [-0.4, -0.2) is 33.5 Å². The van der Waals surface area contributed by atoms with Crippen molar-refractivity contribution in [2.75, 3.05) is 0 Å². The van der Waals surface area contributed by atoms with Gasteiger partial charge in [0, 0.05) is 5.56 Å². The fourth-order valence-electron chi connectivity index (χ4n) is 2.46. The smallest absolute Gasteiger partial charge is 0.331 e. The van der Waals surface area contributed by atoms with Crippen molar-refractivity contribution in [3.8, 4) is 0 Å². The number of carboxylic acids is 1. The average molecular weight is 233 g/mol. The molecule has 0 saturated carbocycles. The predicted molar refractivity (Wildman–Crippen MR) is 62.7 cm³/mol. The molecule has 2 rings (SSSR count). The molecule has 17 heavy (non-hydrogen) atoms. The summed E-state index contributed by atoms with van der Waals surface area (Å²) in [6, 6.07) is 8.54. The molecule has 1 aromatic rings. The van der Waals surface area contributed by atoms with E-state index in [9.17, 15) is 14.7 Å². The predicted octanol–water partition coefficient (Wildman–Crippen LogP) is 1.76. The third-order valence-corrected chi connectivity index (χ3v) is 3.59. The van der Waals surface area contributed by atoms with E-state index >= 15 is 0 Å². The minimum absolute atomic E-state index is 0.206. The second kappa shape index (κ2) is 3.87. The van der Waals surface area contributed by atoms with E-state index in [0.29, 0.717) is 12.0 Å². The van der Waals surface area contributed by atoms with Crippen LogP contribution < -0.4 is 0 Å². The number of hydrogen-bond donors (Lipinski definition) is 1. The van der Waals surface area contributed by atoms with Crippen molar-refractivity contribution in [1.29, 1.82) is 0 Å². The van der Waals surface area contributed by atoms with Gasteiger partial charge in [-0.2, -0.15) is 0 Å². The van der Waals surface area contributed by atoms with E-state index in [-0.39, 0.29) is 11.9 Å². The van der Waals surface area contributed by atoms with Crippen LogP contribution in [0.4, 0.5) is 0 Å². The van der Waals surface area contributed by atoms with Crippen LogP contribution in [0.1, 0.15) is 30.6 Å². The van der Waals surface area contributed by atoms with Gasteiger partial charge in [0.15, 0.2) is 5.54 Å². The molecule has 1 heterocycles. The van der Waals surface area contributed by atoms with Crippen LogP contribution in [0.15, 0.2) is 30.3 Å². The summed E-state index contributed by atoms with van der Waals surface area (Å²) in [4.78, 5) is 24.9. The largest absolute Gasteiger partial charge is 0.479 e. The van der Waals surface area contributed by atoms with E-state index in [1.54, 1.807) is 38.1 Å². The van der Waals surface area contributed by atoms with Crippen molar-refractivity contribution in [3.05, 3.63) is 35.9 Å². The lowest BCUT2D eigenvalue weighted by Gasteiger charge is -2.10. The molecule has 1 aliphatic heterocycles. The second-order valence-electron chi connectivity index (χ2n) is 4.30. The molecule has 1 aliphatic rings. The van der Waals surface area contributed by atoms with Gasteiger partial charge in [0.2, 0.25) is 0 Å². The van der Waals surface area contributed by atoms with Crippen LogP contribution in [0.3, 0.4) is 0 Å². The molecule has 1 N–H and O–H groups in total. The topological polar surface area (TPSA) is 57.4 Å². The third kappa shape index (κ3) is 1.52. The Bertz CT molecular complexity index is 457. The van der Waals surface area contributed by atoms with E-state index in [2.05, 4.69) is 0 Å². The van der Waals surface area contributed by atoms with Crippen molar-refractivity contribution >= 4 is 11.9 Å². The number of hydrogen-bond acceptors (Lipinski definition) is 2. The Kier molecular flexibility index (Phi) is 2.65. The van der Waals surface area contributed by atoms with Gasteiger partial charge in [-0.25, -0.2) is 4.79 Å². The molecule has 0 bridgehead atoms. The summed E-state index contributed by atoms with van der Waals surface area (Å²) in [5.74, 6) is -1.13. The van der Waals surface area contributed by atoms with Gasteiger partial charge in [-0.3, -0.25) is 4.79 Å². The number of amides is 1. The first-order valence-electron chi connectivity index (χ1n) is 5.67. The highest BCUT2D eigenvalue weighted by molar-refractivity contribution is 6.02. The Labute approximate surface area is 99.9 Å². The number of carbonyl (C=O) groups is 2. The fraction of sp³-hybridized carbons (Fsp3) is 0.385. The van der Waals surface area contributed by atoms with Crippen LogP contribution in [-0.2, 0) is 4.79 Å². The summed E-state index contributed by atoms with van der Waals surface area (Å²) in [5.41, 5.74) is -0.469. The monoisotopic (exact) mass is 233 g/mol. The maximum Gasteiger partial charge on any atom is 0.331 e. The van der Waals surface area contributed by atoms with Gasteiger partial charge in [0.05, 0.1) is 6.04 Å². The average Bonchev–Trinajstić information content (AvgIpc) is 2.96. The molecule has 1 saturated heterocycles. The van der Waals surface area contributed by atoms with Crippen molar-refractivity contribution < 1.29 is 14.7 Å². The standard InChI is InChI=1S/C13H15NO3/c1-3-13(12(16)17)9(2)14(13)11(15)10-7-5-4-6-8-10/h4-9H,3H2,1-2H3,(H,16,17)/t9-,13+,14?/m1/s1. The van der Waals surface area contributed by atoms with Crippen LogP contribution >= 0.6 is 0 Å². The molecule has 1 aromatic carbocycles. The normalized spacial score (nSPS) is 26.7. The first-order valence-corrected chi connectivity index (χ1v) is 5.67. The summed E-state index contributed by atoms with van der Waals surface area (Å²) in [5, 5.41) is 9.25. The first-order chi connectivity index (χ1) is 8.05. The number of rotatable bonds is 3. The molecular weight excluding hydrogens is 218 g/mol. The summed E-state index contributed by atoms with van der Waals surface area (Å²) >= 11 is 0. The SMILES string of the molecule is CC[C@@]1(C(=O)O)[C@@H](C)N1C(=O)c1ccccc1. The van der Waals surface area contributed by atoms with Crippen molar-refractivity contribution in [2.24, 2.45) is 0 Å². The zero-order chi connectivity index (χ0) is 12.6. The summed E-state index contributed by atoms with van der Waals surface area (Å²) in [6.45, 7) is 3.57. The second-order valence-corrected chi connectivity index (χ2v) is 4.30. The highest BCUT2D eigenvalue weighted by atomic mass is 16.4. The van der Waals surface area contributed by atoms with Gasteiger partial charge >= 0.3 is 5.97 Å². The number of benzene rings is 1. The van der Waals surface area contributed by atoms with Gasteiger partial charge in [-0.15, -0.1) is 0 Å². The molecule has 4 nitrogen and oxygen atoms in total. The van der Waals surface area contributed by atoms with Crippen molar-refractivity contribution in [1.82, 2.24) is 4.90 Å². The van der Waals surface area contributed by atoms with Gasteiger partial charge in [0.25, 0.3) is 5.91 Å². The lowest BCUT2D eigenvalue weighted by molar-refractivity contribution is -0.141. The lowest BCUT2D eigenvalue weighted by atomic mass is 10.0. The van der Waals surface area contributed by atoms with Gasteiger partial charge in [-0.05, 0) is 25.5 Å². The molecule has 0 unspecified atom stereocenters. The Morgan fingerprint density at radius 2 is 1.94 bits per heavy atom. The zero-order valence-electron chi connectivity index (χ0n) is 9.88. The highest BCUT2D eigenvalue weighted by Gasteiger charge is 2.67. The number of carboxylic acid groups (broad SMARTS) is 1. The van der Waals surface area contributed by atoms with Gasteiger partial charge < -0.3 is 10.0 Å². The maximum atomic E-state index is 12.2. The molecule has 0 aliphatic carbocycles. The van der Waals surface area contributed by atoms with Gasteiger partial charge in [0.1, 0.15) is 0 Å². The minimum Gasteiger partial charge on any atom is -0.479 e. The molecule has 0 aromatic heterocycles. The first kappa shape index (κ1) is 11.6. The fourth-order valence-corrected chi connectivity index (χ4v) is 2.46. The zero-order valence-corrected chi connectivity index (χ0v) is 9.88. The minimum atomic E-state index is -1.01. The Morgan fingerprint density at radius 1 is 1.35 bits per heavy atom. The van der Waals surface area contributed by atoms with Crippen molar-refractivity contribution in [3.63, 3.8) is 0 Å². The van der Waals surface area contributed by atoms with E-state index < -0.39 is 11.5 Å². The van der Waals surface area contributed by atoms with Crippen molar-refractivity contribution in [2.45, 2.75) is 31.8 Å². The van der Waals surface area contributed by atoms with Crippen LogP contribution in [0.5, 0.6) is 0 Å². The lowest BCUT2D eigenvalue weighted by Crippen LogP contribution is -2.31. The van der Waals surface area contributed by atoms with Crippen LogP contribution in [0.25, 0.3) is 0 Å². The summed E-state index contributed by atoms with van der Waals surface area (Å²) < 4.78 is 0. The number of carbonyl (C=O) groups excluding carboxylic acids is 1. The third-order valence-electron chi connectivity index (χ3n) is 3.59. The Hall–Kier alpha value is -1.84. The Morgan fingerprint density at radius 3 is 2.35 bits per heavy atom. The molecular formula is C13H15NO3. The van der Waals surface area contributed by atoms with E-state index in [1.165, 1.54) is 4.90 Å². The van der Waals surface area contributed by atoms with Gasteiger partial charge in [-0.1, -0.05) is 25.1 Å². The molecule has 0 radical (unpaired) electrons. The number of nitrogens with zero attached hydrogens (tertiary/aromatic N) is 1. The Balaban J connectivity index is 2.27. The van der Waals surface area contributed by atoms with E-state index in [0.717, 1.165) is 0 Å². The molecule has 1 fully saturated rings. The quantitative estimate of drug-likeness (QED) is 0.809. The molecule has 1 amide bonds. The summed E-state index contributed by atoms with van der Waals surface area (Å²) in [7, 11) is 0. The van der Waals surface area contributed by atoms with E-state index in [1.807, 2.05) is 6.07 Å². The molecule has 0 spiro atoms. The molecule has 4 heteroatoms. The highest BCUT2D eigenvalue weighted by Crippen LogP contribution is 2.45.